The van der Waals surface area contributed by atoms with E-state index in [-0.39, 0.29) is 12.5 Å². The predicted octanol–water partition coefficient (Wildman–Crippen LogP) is 2.03. The van der Waals surface area contributed by atoms with Gasteiger partial charge < -0.3 is 11.1 Å². The first kappa shape index (κ1) is 16.4. The van der Waals surface area contributed by atoms with E-state index in [9.17, 15) is 4.79 Å². The van der Waals surface area contributed by atoms with Crippen LogP contribution in [0.4, 0.5) is 0 Å². The van der Waals surface area contributed by atoms with Gasteiger partial charge in [0.1, 0.15) is 6.54 Å². The maximum atomic E-state index is 11.2. The van der Waals surface area contributed by atoms with E-state index >= 15 is 0 Å². The summed E-state index contributed by atoms with van der Waals surface area (Å²) in [4.78, 5) is 14.9. The van der Waals surface area contributed by atoms with E-state index in [0.29, 0.717) is 12.0 Å². The summed E-state index contributed by atoms with van der Waals surface area (Å²) in [6, 6.07) is 0. The zero-order valence-electron chi connectivity index (χ0n) is 11.9. The van der Waals surface area contributed by atoms with Gasteiger partial charge in [-0.1, -0.05) is 44.6 Å². The Balaban J connectivity index is 3.94. The van der Waals surface area contributed by atoms with E-state index in [2.05, 4.69) is 37.2 Å². The fourth-order valence-electron chi connectivity index (χ4n) is 1.14. The van der Waals surface area contributed by atoms with Gasteiger partial charge in [-0.3, -0.25) is 9.79 Å². The third kappa shape index (κ3) is 10.9. The number of carbonyl (C=O) groups is 1. The molecule has 0 aromatic rings. The summed E-state index contributed by atoms with van der Waals surface area (Å²) in [5, 5.41) is 2.76. The van der Waals surface area contributed by atoms with Crippen LogP contribution in [0.5, 0.6) is 0 Å². The van der Waals surface area contributed by atoms with Gasteiger partial charge in [0.2, 0.25) is 5.91 Å². The number of nitrogens with zero attached hydrogens (tertiary/aromatic N) is 1. The lowest BCUT2D eigenvalue weighted by Crippen LogP contribution is -2.27. The molecule has 3 N–H and O–H groups in total. The topological polar surface area (TPSA) is 67.5 Å². The lowest BCUT2D eigenvalue weighted by molar-refractivity contribution is -0.119. The van der Waals surface area contributed by atoms with Crippen molar-refractivity contribution in [3.05, 3.63) is 23.8 Å². The summed E-state index contributed by atoms with van der Waals surface area (Å²) in [5.74, 6) is -0.122. The quantitative estimate of drug-likeness (QED) is 0.431. The molecule has 0 radical (unpaired) electrons. The number of amides is 1. The van der Waals surface area contributed by atoms with Gasteiger partial charge in [0, 0.05) is 6.54 Å². The van der Waals surface area contributed by atoms with Crippen molar-refractivity contribution in [3.8, 4) is 0 Å². The van der Waals surface area contributed by atoms with Crippen LogP contribution in [0.25, 0.3) is 0 Å². The van der Waals surface area contributed by atoms with Crippen LogP contribution >= 0.6 is 0 Å². The molecule has 4 heteroatoms. The SMILES string of the molecule is C/C(=C\C=C/CC(C)(C)C)CNC(=O)CN=CN. The number of aliphatic imine (C=N–C) groups is 1. The molecule has 4 nitrogen and oxygen atoms in total. The molecule has 0 saturated carbocycles. The summed E-state index contributed by atoms with van der Waals surface area (Å²) in [7, 11) is 0. The molecule has 0 bridgehead atoms. The highest BCUT2D eigenvalue weighted by Crippen LogP contribution is 2.18. The molecule has 0 heterocycles. The van der Waals surface area contributed by atoms with Crippen molar-refractivity contribution in [1.29, 1.82) is 0 Å². The highest BCUT2D eigenvalue weighted by atomic mass is 16.1. The van der Waals surface area contributed by atoms with Crippen molar-refractivity contribution in [2.24, 2.45) is 16.1 Å². The minimum atomic E-state index is -0.122. The number of carbonyl (C=O) groups excluding carboxylic acids is 1. The molecule has 0 rings (SSSR count). The van der Waals surface area contributed by atoms with Gasteiger partial charge >= 0.3 is 0 Å². The molecule has 0 aromatic carbocycles. The second-order valence-electron chi connectivity index (χ2n) is 5.47. The molecule has 0 aliphatic heterocycles. The van der Waals surface area contributed by atoms with Crippen LogP contribution in [-0.2, 0) is 4.79 Å². The zero-order valence-corrected chi connectivity index (χ0v) is 11.9. The van der Waals surface area contributed by atoms with E-state index in [0.717, 1.165) is 18.3 Å². The average Bonchev–Trinajstić information content (AvgIpc) is 2.28. The van der Waals surface area contributed by atoms with Crippen molar-refractivity contribution in [1.82, 2.24) is 5.32 Å². The normalized spacial score (nSPS) is 13.4. The Morgan fingerprint density at radius 2 is 2.06 bits per heavy atom. The maximum Gasteiger partial charge on any atom is 0.241 e. The lowest BCUT2D eigenvalue weighted by atomic mass is 9.92. The molecule has 0 aliphatic carbocycles. The molecular weight excluding hydrogens is 226 g/mol. The first-order chi connectivity index (χ1) is 8.35. The Kier molecular flexibility index (Phi) is 7.76. The lowest BCUT2D eigenvalue weighted by Gasteiger charge is -2.14. The molecule has 0 unspecified atom stereocenters. The highest BCUT2D eigenvalue weighted by Gasteiger charge is 2.05. The van der Waals surface area contributed by atoms with Gasteiger partial charge in [0.15, 0.2) is 0 Å². The van der Waals surface area contributed by atoms with Crippen molar-refractivity contribution in [2.45, 2.75) is 34.1 Å². The van der Waals surface area contributed by atoms with Crippen molar-refractivity contribution < 1.29 is 4.79 Å². The Hall–Kier alpha value is -1.58. The van der Waals surface area contributed by atoms with Crippen LogP contribution in [0.2, 0.25) is 0 Å². The second kappa shape index (κ2) is 8.50. The van der Waals surface area contributed by atoms with Crippen molar-refractivity contribution in [2.75, 3.05) is 13.1 Å². The summed E-state index contributed by atoms with van der Waals surface area (Å²) in [6.07, 6.45) is 8.36. The summed E-state index contributed by atoms with van der Waals surface area (Å²) < 4.78 is 0. The molecule has 102 valence electrons. The van der Waals surface area contributed by atoms with Crippen molar-refractivity contribution >= 4 is 12.2 Å². The molecule has 0 aliphatic rings. The summed E-state index contributed by atoms with van der Waals surface area (Å²) in [6.45, 7) is 9.21. The summed E-state index contributed by atoms with van der Waals surface area (Å²) >= 11 is 0. The molecule has 0 aromatic heterocycles. The van der Waals surface area contributed by atoms with Crippen molar-refractivity contribution in [3.63, 3.8) is 0 Å². The Morgan fingerprint density at radius 1 is 1.39 bits per heavy atom. The van der Waals surface area contributed by atoms with E-state index in [1.807, 2.05) is 19.1 Å². The number of nitrogens with one attached hydrogen (secondary N) is 1. The largest absolute Gasteiger partial charge is 0.390 e. The zero-order chi connectivity index (χ0) is 14.0. The molecule has 18 heavy (non-hydrogen) atoms. The fraction of sp³-hybridized carbons (Fsp3) is 0.571. The predicted molar refractivity (Wildman–Crippen MR) is 77.5 cm³/mol. The molecule has 0 atom stereocenters. The maximum absolute atomic E-state index is 11.2. The first-order valence-electron chi connectivity index (χ1n) is 6.14. The van der Waals surface area contributed by atoms with Crippen LogP contribution in [0.1, 0.15) is 34.1 Å². The van der Waals surface area contributed by atoms with Crippen LogP contribution in [0, 0.1) is 5.41 Å². The van der Waals surface area contributed by atoms with E-state index in [1.165, 1.54) is 0 Å². The minimum absolute atomic E-state index is 0.0869. The number of hydrogen-bond acceptors (Lipinski definition) is 2. The van der Waals surface area contributed by atoms with E-state index in [4.69, 9.17) is 5.73 Å². The molecule has 0 spiro atoms. The smallest absolute Gasteiger partial charge is 0.241 e. The first-order valence-corrected chi connectivity index (χ1v) is 6.14. The van der Waals surface area contributed by atoms with Crippen LogP contribution < -0.4 is 11.1 Å². The standard InChI is InChI=1S/C14H25N3O/c1-12(7-5-6-8-14(2,3)4)9-17-13(18)10-16-11-15/h5-7,11H,8-10H2,1-4H3,(H2,15,16)(H,17,18)/b6-5-,12-7+. The van der Waals surface area contributed by atoms with E-state index in [1.54, 1.807) is 0 Å². The van der Waals surface area contributed by atoms with E-state index < -0.39 is 0 Å². The molecule has 1 amide bonds. The van der Waals surface area contributed by atoms with Gasteiger partial charge in [-0.25, -0.2) is 0 Å². The molecular formula is C14H25N3O. The number of allylic oxidation sites excluding steroid dienone is 3. The highest BCUT2D eigenvalue weighted by molar-refractivity contribution is 5.79. The number of rotatable bonds is 6. The second-order valence-corrected chi connectivity index (χ2v) is 5.47. The molecule has 0 fully saturated rings. The Bertz CT molecular complexity index is 335. The van der Waals surface area contributed by atoms with Gasteiger partial charge in [-0.05, 0) is 18.8 Å². The Morgan fingerprint density at radius 3 is 2.61 bits per heavy atom. The van der Waals surface area contributed by atoms with Gasteiger partial charge in [0.05, 0.1) is 6.34 Å². The molecule has 0 saturated heterocycles. The summed E-state index contributed by atoms with van der Waals surface area (Å²) in [5.41, 5.74) is 6.47. The third-order valence-corrected chi connectivity index (χ3v) is 2.15. The minimum Gasteiger partial charge on any atom is -0.390 e. The third-order valence-electron chi connectivity index (χ3n) is 2.15. The van der Waals surface area contributed by atoms with Crippen LogP contribution in [0.3, 0.4) is 0 Å². The number of hydrogen-bond donors (Lipinski definition) is 2. The fourth-order valence-corrected chi connectivity index (χ4v) is 1.14. The van der Waals surface area contributed by atoms with Crippen LogP contribution in [0.15, 0.2) is 28.8 Å². The average molecular weight is 251 g/mol. The van der Waals surface area contributed by atoms with Gasteiger partial charge in [-0.15, -0.1) is 0 Å². The van der Waals surface area contributed by atoms with Gasteiger partial charge in [-0.2, -0.15) is 0 Å². The Labute approximate surface area is 110 Å². The number of nitrogens with two attached hydrogens (primary N) is 1. The monoisotopic (exact) mass is 251 g/mol. The van der Waals surface area contributed by atoms with Crippen LogP contribution in [-0.4, -0.2) is 25.3 Å². The van der Waals surface area contributed by atoms with Gasteiger partial charge in [0.25, 0.3) is 0 Å².